The largest absolute Gasteiger partial charge is 0.507 e. The van der Waals surface area contributed by atoms with Crippen LogP contribution in [-0.4, -0.2) is 35.0 Å². The van der Waals surface area contributed by atoms with Crippen LogP contribution in [0.15, 0.2) is 72.4 Å². The summed E-state index contributed by atoms with van der Waals surface area (Å²) in [5, 5.41) is 11.3. The Morgan fingerprint density at radius 1 is 1.03 bits per heavy atom. The number of pyridine rings is 1. The Morgan fingerprint density at radius 2 is 1.86 bits per heavy atom. The lowest BCUT2D eigenvalue weighted by Gasteiger charge is -2.25. The van der Waals surface area contributed by atoms with Gasteiger partial charge in [-0.15, -0.1) is 0 Å². The lowest BCUT2D eigenvalue weighted by molar-refractivity contribution is -0.132. The van der Waals surface area contributed by atoms with E-state index in [1.54, 1.807) is 66.9 Å². The number of aryl methyl sites for hydroxylation is 1. The van der Waals surface area contributed by atoms with Gasteiger partial charge in [0.2, 0.25) is 0 Å². The first-order valence-corrected chi connectivity index (χ1v) is 11.6. The van der Waals surface area contributed by atoms with Crippen molar-refractivity contribution in [2.45, 2.75) is 33.2 Å². The molecule has 0 radical (unpaired) electrons. The molecule has 1 aromatic heterocycles. The highest BCUT2D eigenvalue weighted by atomic mass is 16.5. The molecule has 1 fully saturated rings. The number of carbonyl (C=O) groups is 2. The zero-order valence-corrected chi connectivity index (χ0v) is 20.0. The number of rotatable bonds is 8. The van der Waals surface area contributed by atoms with Crippen LogP contribution in [0.4, 0.5) is 5.69 Å². The zero-order chi connectivity index (χ0) is 24.9. The van der Waals surface area contributed by atoms with Crippen LogP contribution in [0.2, 0.25) is 0 Å². The Kier molecular flexibility index (Phi) is 7.15. The standard InChI is InChI=1S/C28H28N2O5/c1-4-15-35-23-13-12-19(16-18(23)3)26(31)24-25(22-11-6-7-14-29-22)30(28(33)27(24)32)20-9-8-10-21(17-20)34-5-2/h6-14,16-17,25,31H,4-5,15H2,1-3H3/b26-24+. The van der Waals surface area contributed by atoms with Crippen molar-refractivity contribution in [1.82, 2.24) is 4.98 Å². The van der Waals surface area contributed by atoms with Gasteiger partial charge < -0.3 is 14.6 Å². The molecule has 1 aliphatic rings. The van der Waals surface area contributed by atoms with Crippen LogP contribution in [0.1, 0.15) is 43.1 Å². The van der Waals surface area contributed by atoms with Gasteiger partial charge in [-0.25, -0.2) is 0 Å². The van der Waals surface area contributed by atoms with Crippen molar-refractivity contribution < 1.29 is 24.2 Å². The third kappa shape index (κ3) is 4.75. The number of aromatic nitrogens is 1. The fraction of sp³-hybridized carbons (Fsp3) is 0.250. The van der Waals surface area contributed by atoms with Crippen molar-refractivity contribution in [3.63, 3.8) is 0 Å². The Labute approximate surface area is 204 Å². The van der Waals surface area contributed by atoms with Crippen LogP contribution < -0.4 is 14.4 Å². The van der Waals surface area contributed by atoms with Gasteiger partial charge in [-0.3, -0.25) is 19.5 Å². The summed E-state index contributed by atoms with van der Waals surface area (Å²) in [4.78, 5) is 32.4. The molecule has 1 atom stereocenters. The van der Waals surface area contributed by atoms with Crippen LogP contribution in [0, 0.1) is 6.92 Å². The average Bonchev–Trinajstić information content (AvgIpc) is 3.14. The van der Waals surface area contributed by atoms with E-state index in [-0.39, 0.29) is 11.3 Å². The Balaban J connectivity index is 1.85. The number of hydrogen-bond acceptors (Lipinski definition) is 6. The van der Waals surface area contributed by atoms with E-state index in [1.165, 1.54) is 4.90 Å². The fourth-order valence-corrected chi connectivity index (χ4v) is 4.13. The monoisotopic (exact) mass is 472 g/mol. The maximum atomic E-state index is 13.3. The summed E-state index contributed by atoms with van der Waals surface area (Å²) in [6.07, 6.45) is 2.47. The first-order valence-electron chi connectivity index (χ1n) is 11.6. The topological polar surface area (TPSA) is 89.0 Å². The number of nitrogens with zero attached hydrogens (tertiary/aromatic N) is 2. The van der Waals surface area contributed by atoms with Gasteiger partial charge in [0.1, 0.15) is 23.3 Å². The third-order valence-corrected chi connectivity index (χ3v) is 5.73. The summed E-state index contributed by atoms with van der Waals surface area (Å²) >= 11 is 0. The molecule has 180 valence electrons. The predicted molar refractivity (Wildman–Crippen MR) is 134 cm³/mol. The molecule has 2 aromatic carbocycles. The van der Waals surface area contributed by atoms with Crippen molar-refractivity contribution in [2.75, 3.05) is 18.1 Å². The van der Waals surface area contributed by atoms with E-state index in [2.05, 4.69) is 4.98 Å². The van der Waals surface area contributed by atoms with Crippen LogP contribution in [0.5, 0.6) is 11.5 Å². The normalized spacial score (nSPS) is 17.0. The second-order valence-electron chi connectivity index (χ2n) is 8.18. The van der Waals surface area contributed by atoms with Gasteiger partial charge in [-0.2, -0.15) is 0 Å². The Morgan fingerprint density at radius 3 is 2.54 bits per heavy atom. The number of aliphatic hydroxyl groups is 1. The van der Waals surface area contributed by atoms with Crippen molar-refractivity contribution in [1.29, 1.82) is 0 Å². The van der Waals surface area contributed by atoms with E-state index >= 15 is 0 Å². The van der Waals surface area contributed by atoms with Crippen molar-refractivity contribution in [3.8, 4) is 11.5 Å². The molecule has 35 heavy (non-hydrogen) atoms. The summed E-state index contributed by atoms with van der Waals surface area (Å²) in [5.41, 5.74) is 2.17. The molecular formula is C28H28N2O5. The highest BCUT2D eigenvalue weighted by molar-refractivity contribution is 6.51. The van der Waals surface area contributed by atoms with Crippen molar-refractivity contribution >= 4 is 23.1 Å². The number of ketones is 1. The molecule has 1 N–H and O–H groups in total. The summed E-state index contributed by atoms with van der Waals surface area (Å²) < 4.78 is 11.3. The Bertz CT molecular complexity index is 1270. The molecule has 7 heteroatoms. The Hall–Kier alpha value is -4.13. The number of carbonyl (C=O) groups excluding carboxylic acids is 2. The number of anilines is 1. The number of ether oxygens (including phenoxy) is 2. The highest BCUT2D eigenvalue weighted by Crippen LogP contribution is 2.42. The number of amides is 1. The van der Waals surface area contributed by atoms with Gasteiger partial charge in [0, 0.05) is 23.5 Å². The molecule has 2 heterocycles. The van der Waals surface area contributed by atoms with E-state index in [0.29, 0.717) is 41.7 Å². The highest BCUT2D eigenvalue weighted by Gasteiger charge is 2.47. The third-order valence-electron chi connectivity index (χ3n) is 5.73. The smallest absolute Gasteiger partial charge is 0.300 e. The molecule has 4 rings (SSSR count). The molecule has 1 saturated heterocycles. The minimum Gasteiger partial charge on any atom is -0.507 e. The van der Waals surface area contributed by atoms with E-state index < -0.39 is 17.7 Å². The molecule has 0 bridgehead atoms. The number of Topliss-reactive ketones (excluding diaryl/α,β-unsaturated/α-hetero) is 1. The van der Waals surface area contributed by atoms with Crippen molar-refractivity contribution in [3.05, 3.63) is 89.3 Å². The molecule has 1 amide bonds. The van der Waals surface area contributed by atoms with Crippen LogP contribution in [-0.2, 0) is 9.59 Å². The van der Waals surface area contributed by atoms with E-state index in [0.717, 1.165) is 12.0 Å². The van der Waals surface area contributed by atoms with E-state index in [1.807, 2.05) is 20.8 Å². The van der Waals surface area contributed by atoms with Crippen LogP contribution in [0.3, 0.4) is 0 Å². The maximum absolute atomic E-state index is 13.3. The number of aliphatic hydroxyl groups excluding tert-OH is 1. The summed E-state index contributed by atoms with van der Waals surface area (Å²) in [5.74, 6) is -0.491. The fourth-order valence-electron chi connectivity index (χ4n) is 4.13. The quantitative estimate of drug-likeness (QED) is 0.275. The first-order chi connectivity index (χ1) is 17.0. The number of benzene rings is 2. The lowest BCUT2D eigenvalue weighted by atomic mass is 9.97. The molecule has 0 spiro atoms. The predicted octanol–water partition coefficient (Wildman–Crippen LogP) is 5.20. The zero-order valence-electron chi connectivity index (χ0n) is 20.0. The van der Waals surface area contributed by atoms with Crippen LogP contribution in [0.25, 0.3) is 5.76 Å². The van der Waals surface area contributed by atoms with Gasteiger partial charge >= 0.3 is 0 Å². The van der Waals surface area contributed by atoms with Gasteiger partial charge in [-0.1, -0.05) is 19.1 Å². The molecule has 0 aliphatic carbocycles. The van der Waals surface area contributed by atoms with E-state index in [9.17, 15) is 14.7 Å². The van der Waals surface area contributed by atoms with Crippen molar-refractivity contribution in [2.24, 2.45) is 0 Å². The molecule has 1 aliphatic heterocycles. The maximum Gasteiger partial charge on any atom is 0.300 e. The second kappa shape index (κ2) is 10.4. The average molecular weight is 473 g/mol. The molecule has 1 unspecified atom stereocenters. The van der Waals surface area contributed by atoms with Gasteiger partial charge in [0.25, 0.3) is 11.7 Å². The molecule has 7 nitrogen and oxygen atoms in total. The number of hydrogen-bond donors (Lipinski definition) is 1. The van der Waals surface area contributed by atoms with Gasteiger partial charge in [0.05, 0.1) is 24.5 Å². The molecule has 0 saturated carbocycles. The first kappa shape index (κ1) is 24.0. The lowest BCUT2D eigenvalue weighted by Crippen LogP contribution is -2.29. The molecule has 3 aromatic rings. The van der Waals surface area contributed by atoms with Crippen LogP contribution >= 0.6 is 0 Å². The minimum atomic E-state index is -0.899. The summed E-state index contributed by atoms with van der Waals surface area (Å²) in [6, 6.07) is 16.5. The SMILES string of the molecule is CCCOc1ccc(/C(O)=C2\C(=O)C(=O)N(c3cccc(OCC)c3)C2c2ccccn2)cc1C. The second-order valence-corrected chi connectivity index (χ2v) is 8.18. The molecular weight excluding hydrogens is 444 g/mol. The summed E-state index contributed by atoms with van der Waals surface area (Å²) in [6.45, 7) is 6.81. The summed E-state index contributed by atoms with van der Waals surface area (Å²) in [7, 11) is 0. The minimum absolute atomic E-state index is 0.0165. The van der Waals surface area contributed by atoms with Gasteiger partial charge in [-0.05, 0) is 68.3 Å². The van der Waals surface area contributed by atoms with Gasteiger partial charge in [0.15, 0.2) is 0 Å². The van der Waals surface area contributed by atoms with E-state index in [4.69, 9.17) is 9.47 Å².